The van der Waals surface area contributed by atoms with E-state index in [-0.39, 0.29) is 16.2 Å². The number of hydrogen-bond donors (Lipinski definition) is 0. The van der Waals surface area contributed by atoms with Gasteiger partial charge in [-0.3, -0.25) is 0 Å². The first-order valence-corrected chi connectivity index (χ1v) is 23.3. The van der Waals surface area contributed by atoms with Crippen LogP contribution in [0.3, 0.4) is 0 Å². The molecule has 0 spiro atoms. The first kappa shape index (κ1) is 38.2. The van der Waals surface area contributed by atoms with Crippen LogP contribution < -0.4 is 0 Å². The van der Waals surface area contributed by atoms with Crippen molar-refractivity contribution in [1.82, 2.24) is 0 Å². The Morgan fingerprint density at radius 2 is 0.508 bits per heavy atom. The quantitative estimate of drug-likeness (QED) is 0.155. The number of fused-ring (bicyclic) bond motifs is 11. The van der Waals surface area contributed by atoms with Crippen LogP contribution in [-0.4, -0.2) is 0 Å². The summed E-state index contributed by atoms with van der Waals surface area (Å²) in [5, 5.41) is 5.11. The van der Waals surface area contributed by atoms with E-state index in [1.807, 2.05) is 0 Å². The van der Waals surface area contributed by atoms with Gasteiger partial charge in [0.2, 0.25) is 0 Å². The van der Waals surface area contributed by atoms with E-state index < -0.39 is 0 Å². The Hall–Kier alpha value is -7.28. The van der Waals surface area contributed by atoms with Gasteiger partial charge in [-0.2, -0.15) is 0 Å². The van der Waals surface area contributed by atoms with E-state index in [4.69, 9.17) is 0 Å². The molecule has 0 radical (unpaired) electrons. The lowest BCUT2D eigenvalue weighted by Gasteiger charge is -2.24. The normalized spacial score (nSPS) is 15.3. The zero-order valence-corrected chi connectivity index (χ0v) is 38.0. The molecule has 0 N–H and O–H groups in total. The predicted octanol–water partition coefficient (Wildman–Crippen LogP) is 17.6. The van der Waals surface area contributed by atoms with Crippen molar-refractivity contribution in [3.8, 4) is 77.9 Å². The Morgan fingerprint density at radius 1 is 0.215 bits per heavy atom. The summed E-state index contributed by atoms with van der Waals surface area (Å²) in [6, 6.07) is 74.0. The molecule has 10 aromatic carbocycles. The molecule has 0 fully saturated rings. The zero-order valence-electron chi connectivity index (χ0n) is 38.0. The molecule has 0 nitrogen and oxygen atoms in total. The van der Waals surface area contributed by atoms with Gasteiger partial charge in [-0.25, -0.2) is 0 Å². The van der Waals surface area contributed by atoms with Crippen LogP contribution in [-0.2, 0) is 16.2 Å². The molecule has 3 aliphatic rings. The average molecular weight is 831 g/mol. The summed E-state index contributed by atoms with van der Waals surface area (Å²) in [5.41, 5.74) is 26.3. The Kier molecular flexibility index (Phi) is 7.86. The van der Waals surface area contributed by atoms with Gasteiger partial charge in [0.05, 0.1) is 0 Å². The van der Waals surface area contributed by atoms with Crippen molar-refractivity contribution in [3.63, 3.8) is 0 Å². The van der Waals surface area contributed by atoms with Crippen molar-refractivity contribution in [2.24, 2.45) is 0 Å². The van der Waals surface area contributed by atoms with Crippen LogP contribution >= 0.6 is 0 Å². The van der Waals surface area contributed by atoms with E-state index in [0.717, 1.165) is 0 Å². The van der Waals surface area contributed by atoms with E-state index >= 15 is 0 Å². The molecular weight excluding hydrogens is 781 g/mol. The van der Waals surface area contributed by atoms with Gasteiger partial charge >= 0.3 is 0 Å². The van der Waals surface area contributed by atoms with E-state index in [1.54, 1.807) is 0 Å². The molecule has 0 heteroatoms. The minimum absolute atomic E-state index is 0.0345. The van der Waals surface area contributed by atoms with Gasteiger partial charge in [-0.1, -0.05) is 211 Å². The number of hydrogen-bond acceptors (Lipinski definition) is 0. The van der Waals surface area contributed by atoms with Crippen LogP contribution in [0, 0.1) is 0 Å². The largest absolute Gasteiger partial charge is 0.0619 e. The third-order valence-electron chi connectivity index (χ3n) is 15.9. The van der Waals surface area contributed by atoms with E-state index in [0.29, 0.717) is 0 Å². The SMILES string of the molecule is CC1(C)c2ccccc2-c2ccc(-c3ccc(-c4ccc5c(-c6ccc7c(c6)C(C)(C)c6ccccc6-7)c6ccccc6c(-c6ccc7c(c6)C(C)(C)c6ccccc6-7)c5c4)cc3)cc21. The van der Waals surface area contributed by atoms with Gasteiger partial charge in [-0.15, -0.1) is 0 Å². The molecule has 65 heavy (non-hydrogen) atoms. The maximum Gasteiger partial charge on any atom is 0.0159 e. The molecule has 0 amide bonds. The van der Waals surface area contributed by atoms with E-state index in [9.17, 15) is 0 Å². The summed E-state index contributed by atoms with van der Waals surface area (Å²) >= 11 is 0. The van der Waals surface area contributed by atoms with E-state index in [1.165, 1.54) is 133 Å². The summed E-state index contributed by atoms with van der Waals surface area (Å²) < 4.78 is 0. The maximum absolute atomic E-state index is 2.50. The number of rotatable bonds is 4. The van der Waals surface area contributed by atoms with E-state index in [2.05, 4.69) is 236 Å². The van der Waals surface area contributed by atoms with Gasteiger partial charge in [0.1, 0.15) is 0 Å². The third-order valence-corrected chi connectivity index (χ3v) is 15.9. The van der Waals surface area contributed by atoms with Gasteiger partial charge in [0.15, 0.2) is 0 Å². The molecular formula is C65H50. The van der Waals surface area contributed by atoms with Crippen LogP contribution in [0.1, 0.15) is 74.9 Å². The molecule has 0 heterocycles. The summed E-state index contributed by atoms with van der Waals surface area (Å²) in [4.78, 5) is 0. The highest BCUT2D eigenvalue weighted by Crippen LogP contribution is 2.54. The summed E-state index contributed by atoms with van der Waals surface area (Å²) in [7, 11) is 0. The fourth-order valence-corrected chi connectivity index (χ4v) is 12.4. The van der Waals surface area contributed by atoms with Gasteiger partial charge in [0.25, 0.3) is 0 Å². The Morgan fingerprint density at radius 3 is 0.954 bits per heavy atom. The molecule has 0 unspecified atom stereocenters. The Balaban J connectivity index is 0.997. The first-order chi connectivity index (χ1) is 31.5. The molecule has 10 aromatic rings. The van der Waals surface area contributed by atoms with Crippen molar-refractivity contribution in [2.45, 2.75) is 57.8 Å². The fourth-order valence-electron chi connectivity index (χ4n) is 12.4. The monoisotopic (exact) mass is 830 g/mol. The van der Waals surface area contributed by atoms with Crippen molar-refractivity contribution in [3.05, 3.63) is 228 Å². The lowest BCUT2D eigenvalue weighted by atomic mass is 9.79. The second-order valence-electron chi connectivity index (χ2n) is 20.4. The van der Waals surface area contributed by atoms with Crippen molar-refractivity contribution < 1.29 is 0 Å². The third kappa shape index (κ3) is 5.32. The van der Waals surface area contributed by atoms with Gasteiger partial charge in [-0.05, 0) is 157 Å². The number of benzene rings is 10. The lowest BCUT2D eigenvalue weighted by molar-refractivity contribution is 0.660. The van der Waals surface area contributed by atoms with Crippen LogP contribution in [0.2, 0.25) is 0 Å². The predicted molar refractivity (Wildman–Crippen MR) is 276 cm³/mol. The van der Waals surface area contributed by atoms with Gasteiger partial charge in [0, 0.05) is 16.2 Å². The van der Waals surface area contributed by atoms with Crippen molar-refractivity contribution >= 4 is 21.5 Å². The van der Waals surface area contributed by atoms with Crippen LogP contribution in [0.4, 0.5) is 0 Å². The lowest BCUT2D eigenvalue weighted by Crippen LogP contribution is -2.15. The maximum atomic E-state index is 2.50. The highest BCUT2D eigenvalue weighted by atomic mass is 14.4. The van der Waals surface area contributed by atoms with Crippen LogP contribution in [0.5, 0.6) is 0 Å². The fraction of sp³-hybridized carbons (Fsp3) is 0.138. The molecule has 13 rings (SSSR count). The topological polar surface area (TPSA) is 0 Å². The van der Waals surface area contributed by atoms with Crippen LogP contribution in [0.15, 0.2) is 194 Å². The Labute approximate surface area is 382 Å². The molecule has 310 valence electrons. The first-order valence-electron chi connectivity index (χ1n) is 23.3. The second kappa shape index (κ2) is 13.4. The molecule has 3 aliphatic carbocycles. The summed E-state index contributed by atoms with van der Waals surface area (Å²) in [5.74, 6) is 0. The molecule has 0 bridgehead atoms. The highest BCUT2D eigenvalue weighted by molar-refractivity contribution is 6.22. The molecule has 0 aliphatic heterocycles. The minimum atomic E-state index is -0.103. The zero-order chi connectivity index (χ0) is 44.0. The highest BCUT2D eigenvalue weighted by Gasteiger charge is 2.38. The standard InChI is InChI=1S/C65H50/c1-63(2)55-20-12-9-15-45(55)48-31-27-42(36-58(48)63)40-25-23-39(24-26-40)41-28-34-53-54(35-41)62(44-30-33-50-47-17-11-14-22-57(47)65(5,6)60(50)38-44)52-19-8-7-18-51(52)61(53)43-29-32-49-46-16-10-13-21-56(46)64(3,4)59(49)37-43/h7-38H,1-6H3. The van der Waals surface area contributed by atoms with Crippen molar-refractivity contribution in [1.29, 1.82) is 0 Å². The Bertz CT molecular complexity index is 3660. The molecule has 0 atom stereocenters. The van der Waals surface area contributed by atoms with Crippen LogP contribution in [0.25, 0.3) is 99.4 Å². The second-order valence-corrected chi connectivity index (χ2v) is 20.4. The summed E-state index contributed by atoms with van der Waals surface area (Å²) in [6.45, 7) is 14.3. The minimum Gasteiger partial charge on any atom is -0.0619 e. The summed E-state index contributed by atoms with van der Waals surface area (Å²) in [6.07, 6.45) is 0. The average Bonchev–Trinajstić information content (AvgIpc) is 3.82. The smallest absolute Gasteiger partial charge is 0.0159 e. The molecule has 0 saturated carbocycles. The van der Waals surface area contributed by atoms with Gasteiger partial charge < -0.3 is 0 Å². The molecule has 0 aromatic heterocycles. The molecule has 0 saturated heterocycles. The van der Waals surface area contributed by atoms with Crippen molar-refractivity contribution in [2.75, 3.05) is 0 Å².